The Morgan fingerprint density at radius 2 is 2.20 bits per heavy atom. The van der Waals surface area contributed by atoms with E-state index in [0.717, 1.165) is 31.5 Å². The lowest BCUT2D eigenvalue weighted by atomic mass is 9.85. The van der Waals surface area contributed by atoms with Gasteiger partial charge >= 0.3 is 6.09 Å². The highest BCUT2D eigenvalue weighted by atomic mass is 16.4. The van der Waals surface area contributed by atoms with E-state index in [0.29, 0.717) is 5.92 Å². The lowest BCUT2D eigenvalue weighted by Gasteiger charge is -2.26. The van der Waals surface area contributed by atoms with Crippen LogP contribution in [-0.4, -0.2) is 32.4 Å². The zero-order valence-electron chi connectivity index (χ0n) is 8.31. The van der Waals surface area contributed by atoms with Crippen LogP contribution in [0.4, 0.5) is 4.79 Å². The second-order valence-corrected chi connectivity index (χ2v) is 3.87. The summed E-state index contributed by atoms with van der Waals surface area (Å²) in [4.78, 5) is 14.6. The van der Waals surface area contributed by atoms with Crippen LogP contribution in [0.5, 0.6) is 0 Å². The number of carbonyl (C=O) groups is 1. The van der Waals surface area contributed by atoms with Crippen LogP contribution in [0.25, 0.3) is 0 Å². The molecule has 6 heteroatoms. The van der Waals surface area contributed by atoms with Crippen LogP contribution in [0.2, 0.25) is 0 Å². The number of H-pyrrole nitrogens is 1. The summed E-state index contributed by atoms with van der Waals surface area (Å²) in [6.07, 6.45) is 4.24. The normalized spacial score (nSPS) is 26.1. The molecule has 0 atom stereocenters. The molecule has 3 N–H and O–H groups in total. The molecule has 1 heterocycles. The van der Waals surface area contributed by atoms with Crippen molar-refractivity contribution in [1.29, 1.82) is 0 Å². The van der Waals surface area contributed by atoms with E-state index in [1.54, 1.807) is 0 Å². The quantitative estimate of drug-likeness (QED) is 0.681. The summed E-state index contributed by atoms with van der Waals surface area (Å²) in [6, 6.07) is 0.0988. The Hall–Kier alpha value is -1.59. The van der Waals surface area contributed by atoms with Crippen molar-refractivity contribution in [3.05, 3.63) is 12.2 Å². The van der Waals surface area contributed by atoms with Gasteiger partial charge in [0.2, 0.25) is 0 Å². The predicted molar refractivity (Wildman–Crippen MR) is 52.5 cm³/mol. The Morgan fingerprint density at radius 1 is 1.47 bits per heavy atom. The van der Waals surface area contributed by atoms with Crippen LogP contribution in [0.3, 0.4) is 0 Å². The van der Waals surface area contributed by atoms with Crippen molar-refractivity contribution in [2.45, 2.75) is 37.6 Å². The molecule has 0 spiro atoms. The maximum Gasteiger partial charge on any atom is 0.404 e. The molecule has 0 aliphatic heterocycles. The van der Waals surface area contributed by atoms with Gasteiger partial charge in [-0.3, -0.25) is 5.10 Å². The van der Waals surface area contributed by atoms with Gasteiger partial charge in [-0.1, -0.05) is 0 Å². The van der Waals surface area contributed by atoms with Gasteiger partial charge in [0, 0.05) is 12.0 Å². The van der Waals surface area contributed by atoms with Crippen molar-refractivity contribution in [1.82, 2.24) is 20.5 Å². The summed E-state index contributed by atoms with van der Waals surface area (Å²) >= 11 is 0. The second-order valence-electron chi connectivity index (χ2n) is 3.87. The average molecular weight is 210 g/mol. The molecule has 15 heavy (non-hydrogen) atoms. The summed E-state index contributed by atoms with van der Waals surface area (Å²) in [5.41, 5.74) is 0. The minimum Gasteiger partial charge on any atom is -0.465 e. The Bertz CT molecular complexity index is 317. The van der Waals surface area contributed by atoms with Crippen LogP contribution >= 0.6 is 0 Å². The first-order valence-electron chi connectivity index (χ1n) is 5.10. The smallest absolute Gasteiger partial charge is 0.404 e. The molecule has 1 fully saturated rings. The third kappa shape index (κ3) is 2.45. The van der Waals surface area contributed by atoms with E-state index < -0.39 is 6.09 Å². The molecule has 0 radical (unpaired) electrons. The van der Waals surface area contributed by atoms with Crippen LogP contribution in [0.15, 0.2) is 6.33 Å². The molecule has 0 saturated heterocycles. The average Bonchev–Trinajstić information content (AvgIpc) is 2.71. The van der Waals surface area contributed by atoms with Gasteiger partial charge in [-0.15, -0.1) is 0 Å². The highest BCUT2D eigenvalue weighted by molar-refractivity contribution is 5.64. The molecule has 1 amide bonds. The predicted octanol–water partition coefficient (Wildman–Crippen LogP) is 1.10. The number of nitrogens with one attached hydrogen (secondary N) is 2. The van der Waals surface area contributed by atoms with E-state index in [1.807, 2.05) is 0 Å². The largest absolute Gasteiger partial charge is 0.465 e. The summed E-state index contributed by atoms with van der Waals surface area (Å²) in [7, 11) is 0. The number of carboxylic acid groups (broad SMARTS) is 1. The van der Waals surface area contributed by atoms with Crippen molar-refractivity contribution in [3.8, 4) is 0 Å². The number of amides is 1. The number of hydrogen-bond acceptors (Lipinski definition) is 3. The van der Waals surface area contributed by atoms with Crippen LogP contribution in [-0.2, 0) is 0 Å². The van der Waals surface area contributed by atoms with Gasteiger partial charge < -0.3 is 10.4 Å². The minimum absolute atomic E-state index is 0.0988. The molecule has 1 aliphatic rings. The van der Waals surface area contributed by atoms with Crippen LogP contribution < -0.4 is 5.32 Å². The lowest BCUT2D eigenvalue weighted by Crippen LogP contribution is -2.36. The molecule has 82 valence electrons. The molecule has 0 bridgehead atoms. The molecule has 1 saturated carbocycles. The zero-order chi connectivity index (χ0) is 10.7. The fourth-order valence-electron chi connectivity index (χ4n) is 2.10. The van der Waals surface area contributed by atoms with E-state index >= 15 is 0 Å². The minimum atomic E-state index is -0.932. The van der Waals surface area contributed by atoms with Crippen molar-refractivity contribution < 1.29 is 9.90 Å². The zero-order valence-corrected chi connectivity index (χ0v) is 8.31. The molecule has 1 aromatic rings. The molecule has 2 rings (SSSR count). The summed E-state index contributed by atoms with van der Waals surface area (Å²) in [6.45, 7) is 0. The van der Waals surface area contributed by atoms with E-state index in [2.05, 4.69) is 20.5 Å². The fraction of sp³-hybridized carbons (Fsp3) is 0.667. The lowest BCUT2D eigenvalue weighted by molar-refractivity contribution is 0.184. The molecule has 1 aromatic heterocycles. The molecule has 0 unspecified atom stereocenters. The first-order valence-corrected chi connectivity index (χ1v) is 5.10. The van der Waals surface area contributed by atoms with Gasteiger partial charge in [0.1, 0.15) is 12.2 Å². The monoisotopic (exact) mass is 210 g/mol. The molecule has 6 nitrogen and oxygen atoms in total. The number of nitrogens with zero attached hydrogens (tertiary/aromatic N) is 2. The van der Waals surface area contributed by atoms with Crippen LogP contribution in [0.1, 0.15) is 37.4 Å². The van der Waals surface area contributed by atoms with Gasteiger partial charge in [0.05, 0.1) is 0 Å². The van der Waals surface area contributed by atoms with Gasteiger partial charge in [0.25, 0.3) is 0 Å². The molecular weight excluding hydrogens is 196 g/mol. The summed E-state index contributed by atoms with van der Waals surface area (Å²) < 4.78 is 0. The first-order chi connectivity index (χ1) is 7.25. The van der Waals surface area contributed by atoms with Crippen molar-refractivity contribution >= 4 is 6.09 Å². The number of aromatic nitrogens is 3. The van der Waals surface area contributed by atoms with E-state index in [1.165, 1.54) is 6.33 Å². The van der Waals surface area contributed by atoms with Crippen molar-refractivity contribution in [3.63, 3.8) is 0 Å². The SMILES string of the molecule is O=C(O)N[C@H]1CC[C@H](c2ncn[nH]2)CC1. The van der Waals surface area contributed by atoms with Gasteiger partial charge in [0.15, 0.2) is 0 Å². The first kappa shape index (κ1) is 9.95. The Labute approximate surface area is 87.1 Å². The summed E-state index contributed by atoms with van der Waals surface area (Å²) in [5, 5.41) is 17.8. The standard InChI is InChI=1S/C9H14N4O2/c14-9(15)12-7-3-1-6(2-4-7)8-10-5-11-13-8/h5-7,12H,1-4H2,(H,14,15)(H,10,11,13)/t6-,7-. The maximum atomic E-state index is 10.4. The van der Waals surface area contributed by atoms with Gasteiger partial charge in [-0.25, -0.2) is 9.78 Å². The van der Waals surface area contributed by atoms with Crippen molar-refractivity contribution in [2.75, 3.05) is 0 Å². The number of aromatic amines is 1. The number of hydrogen-bond donors (Lipinski definition) is 3. The third-order valence-electron chi connectivity index (χ3n) is 2.88. The third-order valence-corrected chi connectivity index (χ3v) is 2.88. The Balaban J connectivity index is 1.84. The maximum absolute atomic E-state index is 10.4. The van der Waals surface area contributed by atoms with Gasteiger partial charge in [-0.05, 0) is 25.7 Å². The molecule has 1 aliphatic carbocycles. The highest BCUT2D eigenvalue weighted by Gasteiger charge is 2.24. The van der Waals surface area contributed by atoms with E-state index in [9.17, 15) is 4.79 Å². The van der Waals surface area contributed by atoms with E-state index in [4.69, 9.17) is 5.11 Å². The van der Waals surface area contributed by atoms with E-state index in [-0.39, 0.29) is 6.04 Å². The Kier molecular flexibility index (Phi) is 2.84. The van der Waals surface area contributed by atoms with Crippen molar-refractivity contribution in [2.24, 2.45) is 0 Å². The summed E-state index contributed by atoms with van der Waals surface area (Å²) in [5.74, 6) is 1.32. The molecule has 0 aromatic carbocycles. The Morgan fingerprint density at radius 3 is 2.73 bits per heavy atom. The second kappa shape index (κ2) is 4.29. The van der Waals surface area contributed by atoms with Crippen LogP contribution in [0, 0.1) is 0 Å². The molecular formula is C9H14N4O2. The highest BCUT2D eigenvalue weighted by Crippen LogP contribution is 2.30. The fourth-order valence-corrected chi connectivity index (χ4v) is 2.10. The topological polar surface area (TPSA) is 90.9 Å². The van der Waals surface area contributed by atoms with Gasteiger partial charge in [-0.2, -0.15) is 5.10 Å². The number of rotatable bonds is 2.